The largest absolute Gasteiger partial charge is 0.481 e. The Morgan fingerprint density at radius 2 is 2.10 bits per heavy atom. The minimum Gasteiger partial charge on any atom is -0.481 e. The number of halogens is 1. The zero-order valence-corrected chi connectivity index (χ0v) is 13.0. The van der Waals surface area contributed by atoms with E-state index >= 15 is 0 Å². The number of carbonyl (C=O) groups excluding carboxylic acids is 1. The van der Waals surface area contributed by atoms with Crippen LogP contribution in [0.4, 0.5) is 10.5 Å². The van der Waals surface area contributed by atoms with Crippen LogP contribution in [0, 0.1) is 18.8 Å². The number of likely N-dealkylation sites (tertiary alicyclic amines) is 1. The van der Waals surface area contributed by atoms with Crippen LogP contribution in [0.25, 0.3) is 0 Å². The third-order valence-electron chi connectivity index (χ3n) is 3.65. The van der Waals surface area contributed by atoms with Gasteiger partial charge in [-0.2, -0.15) is 0 Å². The fraction of sp³-hybridized carbons (Fsp3) is 0.429. The standard InChI is InChI=1S/C14H17BrN2O3/c1-8-5-10(15)3-4-12(8)16-14(20)17-6-9(2)11(7-17)13(18)19/h3-5,9,11H,6-7H2,1-2H3,(H,16,20)(H,18,19). The molecule has 2 unspecified atom stereocenters. The van der Waals surface area contributed by atoms with E-state index in [0.29, 0.717) is 6.54 Å². The Kier molecular flexibility index (Phi) is 4.32. The van der Waals surface area contributed by atoms with E-state index in [1.807, 2.05) is 32.0 Å². The van der Waals surface area contributed by atoms with Gasteiger partial charge < -0.3 is 15.3 Å². The molecule has 6 heteroatoms. The van der Waals surface area contributed by atoms with Crippen LogP contribution in [0.3, 0.4) is 0 Å². The minimum atomic E-state index is -0.840. The molecule has 2 amide bonds. The van der Waals surface area contributed by atoms with E-state index in [9.17, 15) is 9.59 Å². The van der Waals surface area contributed by atoms with Crippen molar-refractivity contribution in [2.24, 2.45) is 11.8 Å². The van der Waals surface area contributed by atoms with Crippen LogP contribution in [0.1, 0.15) is 12.5 Å². The molecule has 2 atom stereocenters. The molecule has 20 heavy (non-hydrogen) atoms. The third kappa shape index (κ3) is 3.12. The van der Waals surface area contributed by atoms with Crippen LogP contribution in [0.2, 0.25) is 0 Å². The number of carboxylic acids is 1. The number of amides is 2. The second-order valence-corrected chi connectivity index (χ2v) is 6.13. The van der Waals surface area contributed by atoms with Crippen molar-refractivity contribution in [1.29, 1.82) is 0 Å². The molecule has 2 rings (SSSR count). The summed E-state index contributed by atoms with van der Waals surface area (Å²) in [6.45, 7) is 4.50. The highest BCUT2D eigenvalue weighted by Gasteiger charge is 2.36. The Morgan fingerprint density at radius 3 is 2.65 bits per heavy atom. The predicted octanol–water partition coefficient (Wildman–Crippen LogP) is 2.94. The highest BCUT2D eigenvalue weighted by molar-refractivity contribution is 9.10. The Bertz CT molecular complexity index is 547. The molecule has 0 spiro atoms. The molecule has 5 nitrogen and oxygen atoms in total. The molecule has 1 heterocycles. The first kappa shape index (κ1) is 14.8. The molecule has 0 bridgehead atoms. The Labute approximate surface area is 126 Å². The SMILES string of the molecule is Cc1cc(Br)ccc1NC(=O)N1CC(C)C(C(=O)O)C1. The Balaban J connectivity index is 2.04. The maximum absolute atomic E-state index is 12.2. The molecule has 0 aromatic heterocycles. The van der Waals surface area contributed by atoms with E-state index in [-0.39, 0.29) is 18.5 Å². The van der Waals surface area contributed by atoms with Crippen molar-refractivity contribution in [1.82, 2.24) is 4.90 Å². The van der Waals surface area contributed by atoms with Gasteiger partial charge in [-0.1, -0.05) is 22.9 Å². The molecule has 1 aromatic rings. The van der Waals surface area contributed by atoms with Crippen molar-refractivity contribution in [3.05, 3.63) is 28.2 Å². The molecule has 1 saturated heterocycles. The lowest BCUT2D eigenvalue weighted by atomic mass is 9.99. The molecule has 1 aliphatic rings. The first-order valence-electron chi connectivity index (χ1n) is 6.43. The van der Waals surface area contributed by atoms with Crippen molar-refractivity contribution in [3.63, 3.8) is 0 Å². The van der Waals surface area contributed by atoms with Gasteiger partial charge in [0.1, 0.15) is 0 Å². The number of aryl methyl sites for hydroxylation is 1. The summed E-state index contributed by atoms with van der Waals surface area (Å²) in [5.41, 5.74) is 1.69. The van der Waals surface area contributed by atoms with Crippen molar-refractivity contribution in [3.8, 4) is 0 Å². The van der Waals surface area contributed by atoms with E-state index in [1.54, 1.807) is 4.90 Å². The van der Waals surface area contributed by atoms with Gasteiger partial charge in [-0.3, -0.25) is 4.79 Å². The Hall–Kier alpha value is -1.56. The zero-order chi connectivity index (χ0) is 14.9. The normalized spacial score (nSPS) is 21.9. The van der Waals surface area contributed by atoms with Crippen LogP contribution in [-0.4, -0.2) is 35.1 Å². The lowest BCUT2D eigenvalue weighted by molar-refractivity contribution is -0.142. The number of rotatable bonds is 2. The summed E-state index contributed by atoms with van der Waals surface area (Å²) in [4.78, 5) is 24.8. The number of urea groups is 1. The number of nitrogens with one attached hydrogen (secondary N) is 1. The molecule has 1 aliphatic heterocycles. The van der Waals surface area contributed by atoms with Gasteiger partial charge >= 0.3 is 12.0 Å². The number of carbonyl (C=O) groups is 2. The molecule has 0 radical (unpaired) electrons. The van der Waals surface area contributed by atoms with Crippen molar-refractivity contribution >= 4 is 33.6 Å². The molecule has 0 aliphatic carbocycles. The van der Waals surface area contributed by atoms with Crippen molar-refractivity contribution in [2.45, 2.75) is 13.8 Å². The van der Waals surface area contributed by atoms with E-state index in [2.05, 4.69) is 21.2 Å². The Morgan fingerprint density at radius 1 is 1.40 bits per heavy atom. The van der Waals surface area contributed by atoms with E-state index in [4.69, 9.17) is 5.11 Å². The fourth-order valence-electron chi connectivity index (χ4n) is 2.42. The number of hydrogen-bond acceptors (Lipinski definition) is 2. The number of carboxylic acid groups (broad SMARTS) is 1. The van der Waals surface area contributed by atoms with Crippen LogP contribution >= 0.6 is 15.9 Å². The van der Waals surface area contributed by atoms with Crippen molar-refractivity contribution < 1.29 is 14.7 Å². The molecule has 108 valence electrons. The van der Waals surface area contributed by atoms with Crippen molar-refractivity contribution in [2.75, 3.05) is 18.4 Å². The van der Waals surface area contributed by atoms with Gasteiger partial charge in [0.05, 0.1) is 5.92 Å². The molecule has 1 fully saturated rings. The van der Waals surface area contributed by atoms with E-state index < -0.39 is 11.9 Å². The molecular formula is C14H17BrN2O3. The number of aliphatic carboxylic acids is 1. The average Bonchev–Trinajstić information content (AvgIpc) is 2.75. The summed E-state index contributed by atoms with van der Waals surface area (Å²) in [6, 6.07) is 5.36. The second kappa shape index (κ2) is 5.83. The topological polar surface area (TPSA) is 69.6 Å². The van der Waals surface area contributed by atoms with Gasteiger partial charge in [-0.05, 0) is 36.6 Å². The highest BCUT2D eigenvalue weighted by atomic mass is 79.9. The maximum atomic E-state index is 12.2. The fourth-order valence-corrected chi connectivity index (χ4v) is 2.89. The minimum absolute atomic E-state index is 0.0238. The number of hydrogen-bond donors (Lipinski definition) is 2. The summed E-state index contributed by atoms with van der Waals surface area (Å²) in [5.74, 6) is -1.34. The third-order valence-corrected chi connectivity index (χ3v) is 4.14. The second-order valence-electron chi connectivity index (χ2n) is 5.22. The predicted molar refractivity (Wildman–Crippen MR) is 79.8 cm³/mol. The van der Waals surface area contributed by atoms with E-state index in [1.165, 1.54) is 0 Å². The van der Waals surface area contributed by atoms with Gasteiger partial charge in [-0.15, -0.1) is 0 Å². The smallest absolute Gasteiger partial charge is 0.321 e. The lowest BCUT2D eigenvalue weighted by Crippen LogP contribution is -2.34. The first-order valence-corrected chi connectivity index (χ1v) is 7.22. The van der Waals surface area contributed by atoms with Crippen LogP contribution < -0.4 is 5.32 Å². The van der Waals surface area contributed by atoms with Gasteiger partial charge in [0, 0.05) is 23.2 Å². The maximum Gasteiger partial charge on any atom is 0.321 e. The summed E-state index contributed by atoms with van der Waals surface area (Å²) in [6.07, 6.45) is 0. The highest BCUT2D eigenvalue weighted by Crippen LogP contribution is 2.25. The molecule has 1 aromatic carbocycles. The lowest BCUT2D eigenvalue weighted by Gasteiger charge is -2.18. The summed E-state index contributed by atoms with van der Waals surface area (Å²) in [7, 11) is 0. The van der Waals surface area contributed by atoms with Crippen LogP contribution in [0.5, 0.6) is 0 Å². The number of nitrogens with zero attached hydrogens (tertiary/aromatic N) is 1. The van der Waals surface area contributed by atoms with E-state index in [0.717, 1.165) is 15.7 Å². The van der Waals surface area contributed by atoms with Gasteiger partial charge in [0.25, 0.3) is 0 Å². The molecular weight excluding hydrogens is 324 g/mol. The summed E-state index contributed by atoms with van der Waals surface area (Å²) < 4.78 is 0.953. The van der Waals surface area contributed by atoms with Gasteiger partial charge in [-0.25, -0.2) is 4.79 Å². The average molecular weight is 341 g/mol. The zero-order valence-electron chi connectivity index (χ0n) is 11.4. The molecule has 0 saturated carbocycles. The van der Waals surface area contributed by atoms with Crippen LogP contribution in [-0.2, 0) is 4.79 Å². The van der Waals surface area contributed by atoms with Crippen LogP contribution in [0.15, 0.2) is 22.7 Å². The van der Waals surface area contributed by atoms with Gasteiger partial charge in [0.15, 0.2) is 0 Å². The summed E-state index contributed by atoms with van der Waals surface area (Å²) in [5, 5.41) is 11.9. The first-order chi connectivity index (χ1) is 9.38. The summed E-state index contributed by atoms with van der Waals surface area (Å²) >= 11 is 3.37. The quantitative estimate of drug-likeness (QED) is 0.869. The number of anilines is 1. The monoisotopic (exact) mass is 340 g/mol. The van der Waals surface area contributed by atoms with Gasteiger partial charge in [0.2, 0.25) is 0 Å². The molecule has 2 N–H and O–H groups in total. The number of benzene rings is 1.